The number of benzene rings is 1. The Morgan fingerprint density at radius 2 is 1.64 bits per heavy atom. The normalized spacial score (nSPS) is 11.7. The van der Waals surface area contributed by atoms with Crippen molar-refractivity contribution in [1.29, 1.82) is 0 Å². The Balaban J connectivity index is 3.14. The Kier molecular flexibility index (Phi) is 2.74. The topological polar surface area (TPSA) is 0 Å². The number of hydrogen-bond donors (Lipinski definition) is 0. The van der Waals surface area contributed by atoms with Gasteiger partial charge in [0.05, 0.1) is 0 Å². The fourth-order valence-electron chi connectivity index (χ4n) is 1.25. The summed E-state index contributed by atoms with van der Waals surface area (Å²) in [6.07, 6.45) is 0. The molecule has 0 radical (unpaired) electrons. The third-order valence-electron chi connectivity index (χ3n) is 1.83. The molecule has 0 aliphatic carbocycles. The average Bonchev–Trinajstić information content (AvgIpc) is 1.86. The van der Waals surface area contributed by atoms with Crippen molar-refractivity contribution in [2.45, 2.75) is 26.2 Å². The molecule has 1 rings (SSSR count). The van der Waals surface area contributed by atoms with Crippen LogP contribution in [0.2, 0.25) is 0 Å². The quantitative estimate of drug-likeness (QED) is 0.638. The predicted molar refractivity (Wildman–Crippen MR) is 44.8 cm³/mol. The van der Waals surface area contributed by atoms with E-state index in [1.165, 1.54) is 5.56 Å². The van der Waals surface area contributed by atoms with Crippen LogP contribution < -0.4 is 3.07 Å². The van der Waals surface area contributed by atoms with Gasteiger partial charge in [0.15, 0.2) is 0 Å². The Morgan fingerprint density at radius 1 is 1.09 bits per heavy atom. The van der Waals surface area contributed by atoms with Crippen LogP contribution in [0.25, 0.3) is 0 Å². The Bertz CT molecular complexity index is 245. The molecule has 0 aromatic heterocycles. The van der Waals surface area contributed by atoms with Gasteiger partial charge in [0.1, 0.15) is 0 Å². The van der Waals surface area contributed by atoms with Crippen molar-refractivity contribution in [3.63, 3.8) is 0 Å². The molecule has 1 aromatic carbocycles. The summed E-state index contributed by atoms with van der Waals surface area (Å²) in [6.45, 7) is 6.83. The molecule has 0 saturated carbocycles. The molecule has 0 nitrogen and oxygen atoms in total. The van der Waals surface area contributed by atoms with Gasteiger partial charge in [-0.1, -0.05) is 0 Å². The Hall–Kier alpha value is 0.155. The fraction of sp³-hybridized carbons (Fsp3) is 0.400. The molecule has 1 aromatic rings. The molecule has 0 aliphatic rings. The standard InChI is InChI=1S/C10H13.Hg/c1-10(2,3)9-7-5-4-6-8-9;/h4-7H,1-3H3;. The molecule has 0 spiro atoms. The summed E-state index contributed by atoms with van der Waals surface area (Å²) in [5, 5.41) is 0. The van der Waals surface area contributed by atoms with Gasteiger partial charge in [-0.3, -0.25) is 0 Å². The zero-order valence-corrected chi connectivity index (χ0v) is 13.0. The van der Waals surface area contributed by atoms with Crippen LogP contribution in [-0.2, 0) is 31.5 Å². The number of hydrogen-bond acceptors (Lipinski definition) is 0. The fourth-order valence-corrected chi connectivity index (χ4v) is 4.30. The Labute approximate surface area is 85.0 Å². The maximum absolute atomic E-state index is 2.28. The van der Waals surface area contributed by atoms with Gasteiger partial charge in [-0.05, 0) is 0 Å². The van der Waals surface area contributed by atoms with E-state index in [1.54, 1.807) is 3.07 Å². The van der Waals surface area contributed by atoms with Gasteiger partial charge in [0.2, 0.25) is 0 Å². The van der Waals surface area contributed by atoms with E-state index in [9.17, 15) is 0 Å². The van der Waals surface area contributed by atoms with Crippen LogP contribution in [0.3, 0.4) is 0 Å². The molecule has 0 heterocycles. The molecule has 0 amide bonds. The van der Waals surface area contributed by atoms with E-state index < -0.39 is 0 Å². The molecular weight excluding hydrogens is 321 g/mol. The van der Waals surface area contributed by atoms with Crippen LogP contribution in [0, 0.1) is 0 Å². The molecule has 0 saturated heterocycles. The molecule has 0 fully saturated rings. The van der Waals surface area contributed by atoms with E-state index in [0.717, 1.165) is 26.1 Å². The van der Waals surface area contributed by atoms with Gasteiger partial charge >= 0.3 is 85.2 Å². The summed E-state index contributed by atoms with van der Waals surface area (Å²) < 4.78 is 1.58. The van der Waals surface area contributed by atoms with Gasteiger partial charge in [-0.25, -0.2) is 0 Å². The second-order valence-electron chi connectivity index (χ2n) is 3.91. The molecule has 0 atom stereocenters. The van der Waals surface area contributed by atoms with Gasteiger partial charge in [-0.2, -0.15) is 0 Å². The predicted octanol–water partition coefficient (Wildman–Crippen LogP) is 2.16. The summed E-state index contributed by atoms with van der Waals surface area (Å²) in [7, 11) is 0. The first kappa shape index (κ1) is 9.24. The van der Waals surface area contributed by atoms with E-state index in [1.807, 2.05) is 0 Å². The third kappa shape index (κ3) is 2.29. The van der Waals surface area contributed by atoms with Gasteiger partial charge in [0, 0.05) is 0 Å². The van der Waals surface area contributed by atoms with Crippen molar-refractivity contribution >= 4 is 3.07 Å². The minimum atomic E-state index is 0.332. The van der Waals surface area contributed by atoms with E-state index in [2.05, 4.69) is 45.0 Å². The summed E-state index contributed by atoms with van der Waals surface area (Å²) in [5.41, 5.74) is 1.86. The van der Waals surface area contributed by atoms with Crippen molar-refractivity contribution in [3.05, 3.63) is 29.8 Å². The van der Waals surface area contributed by atoms with Gasteiger partial charge < -0.3 is 0 Å². The molecule has 0 unspecified atom stereocenters. The van der Waals surface area contributed by atoms with Crippen molar-refractivity contribution in [1.82, 2.24) is 0 Å². The van der Waals surface area contributed by atoms with Crippen molar-refractivity contribution in [2.75, 3.05) is 0 Å². The third-order valence-corrected chi connectivity index (χ3v) is 4.22. The van der Waals surface area contributed by atoms with Crippen molar-refractivity contribution < 1.29 is 26.1 Å². The number of rotatable bonds is 0. The first-order valence-corrected chi connectivity index (χ1v) is 6.68. The van der Waals surface area contributed by atoms with Gasteiger partial charge in [-0.15, -0.1) is 0 Å². The van der Waals surface area contributed by atoms with Crippen LogP contribution in [0.15, 0.2) is 24.3 Å². The average molecular weight is 334 g/mol. The molecule has 1 heteroatoms. The first-order valence-electron chi connectivity index (χ1n) is 3.93. The second-order valence-corrected chi connectivity index (χ2v) is 6.87. The van der Waals surface area contributed by atoms with Crippen molar-refractivity contribution in [2.24, 2.45) is 0 Å². The molecule has 55 valence electrons. The molecular formula is C10H13Hg. The Morgan fingerprint density at radius 3 is 2.00 bits per heavy atom. The van der Waals surface area contributed by atoms with Crippen LogP contribution in [0.1, 0.15) is 26.3 Å². The zero-order valence-electron chi connectivity index (χ0n) is 7.52. The summed E-state index contributed by atoms with van der Waals surface area (Å²) in [5.74, 6) is 0. The summed E-state index contributed by atoms with van der Waals surface area (Å²) in [4.78, 5) is 0. The molecule has 11 heavy (non-hydrogen) atoms. The first-order chi connectivity index (χ1) is 5.02. The molecule has 0 bridgehead atoms. The van der Waals surface area contributed by atoms with Crippen molar-refractivity contribution in [3.8, 4) is 0 Å². The van der Waals surface area contributed by atoms with Crippen LogP contribution >= 0.6 is 0 Å². The molecule has 0 N–H and O–H groups in total. The van der Waals surface area contributed by atoms with Gasteiger partial charge in [0.25, 0.3) is 0 Å². The summed E-state index contributed by atoms with van der Waals surface area (Å²) >= 11 is 0.752. The van der Waals surface area contributed by atoms with Crippen LogP contribution in [-0.4, -0.2) is 0 Å². The SMILES string of the molecule is CC(C)(C)c1cccc[c]1[Hg]. The second kappa shape index (κ2) is 3.26. The summed E-state index contributed by atoms with van der Waals surface area (Å²) in [6, 6.07) is 8.78. The minimum absolute atomic E-state index is 0.332. The zero-order chi connectivity index (χ0) is 8.48. The van der Waals surface area contributed by atoms with E-state index >= 15 is 0 Å². The van der Waals surface area contributed by atoms with E-state index in [4.69, 9.17) is 0 Å². The van der Waals surface area contributed by atoms with Crippen LogP contribution in [0.4, 0.5) is 0 Å². The monoisotopic (exact) mass is 335 g/mol. The van der Waals surface area contributed by atoms with E-state index in [-0.39, 0.29) is 0 Å². The van der Waals surface area contributed by atoms with Crippen LogP contribution in [0.5, 0.6) is 0 Å². The molecule has 0 aliphatic heterocycles. The maximum atomic E-state index is 2.28. The van der Waals surface area contributed by atoms with E-state index in [0.29, 0.717) is 5.41 Å².